The van der Waals surface area contributed by atoms with E-state index in [4.69, 9.17) is 9.52 Å². The van der Waals surface area contributed by atoms with Crippen LogP contribution in [0.4, 0.5) is 4.79 Å². The molecule has 0 saturated heterocycles. The third-order valence-electron chi connectivity index (χ3n) is 2.79. The lowest BCUT2D eigenvalue weighted by atomic mass is 10.1. The van der Waals surface area contributed by atoms with E-state index in [0.717, 1.165) is 18.6 Å². The average molecular weight is 268 g/mol. The second kappa shape index (κ2) is 7.45. The van der Waals surface area contributed by atoms with Crippen molar-refractivity contribution in [1.82, 2.24) is 10.6 Å². The number of carboxylic acids is 1. The molecule has 19 heavy (non-hydrogen) atoms. The molecular formula is C13H20N2O4. The molecule has 1 aromatic heterocycles. The Morgan fingerprint density at radius 1 is 1.42 bits per heavy atom. The molecule has 0 aliphatic carbocycles. The van der Waals surface area contributed by atoms with E-state index < -0.39 is 18.0 Å². The fourth-order valence-electron chi connectivity index (χ4n) is 1.65. The molecule has 106 valence electrons. The number of carbonyl (C=O) groups excluding carboxylic acids is 1. The van der Waals surface area contributed by atoms with Gasteiger partial charge >= 0.3 is 12.0 Å². The zero-order valence-corrected chi connectivity index (χ0v) is 11.2. The highest BCUT2D eigenvalue weighted by atomic mass is 16.4. The summed E-state index contributed by atoms with van der Waals surface area (Å²) in [6.07, 6.45) is 3.41. The van der Waals surface area contributed by atoms with Crippen molar-refractivity contribution < 1.29 is 19.1 Å². The van der Waals surface area contributed by atoms with Crippen molar-refractivity contribution in [3.63, 3.8) is 0 Å². The Bertz CT molecular complexity index is 403. The zero-order valence-electron chi connectivity index (χ0n) is 11.2. The Hall–Kier alpha value is -1.98. The number of hydrogen-bond acceptors (Lipinski definition) is 3. The molecule has 0 spiro atoms. The molecule has 0 radical (unpaired) electrons. The van der Waals surface area contributed by atoms with Gasteiger partial charge in [-0.15, -0.1) is 0 Å². The van der Waals surface area contributed by atoms with E-state index in [1.54, 1.807) is 13.2 Å². The van der Waals surface area contributed by atoms with E-state index in [1.807, 2.05) is 19.1 Å². The molecule has 0 aromatic carbocycles. The fourth-order valence-corrected chi connectivity index (χ4v) is 1.65. The quantitative estimate of drug-likeness (QED) is 0.702. The molecule has 1 rings (SSSR count). The lowest BCUT2D eigenvalue weighted by molar-refractivity contribution is -0.139. The van der Waals surface area contributed by atoms with Gasteiger partial charge in [0.25, 0.3) is 0 Å². The Balaban J connectivity index is 2.29. The molecule has 1 heterocycles. The summed E-state index contributed by atoms with van der Waals surface area (Å²) in [6, 6.07) is 2.33. The summed E-state index contributed by atoms with van der Waals surface area (Å²) in [4.78, 5) is 22.4. The molecule has 3 N–H and O–H groups in total. The van der Waals surface area contributed by atoms with Crippen molar-refractivity contribution in [3.05, 3.63) is 24.2 Å². The SMILES string of the molecule is CCC(NC(=O)NC(C)CCc1ccco1)C(=O)O. The van der Waals surface area contributed by atoms with Gasteiger partial charge in [-0.3, -0.25) is 0 Å². The highest BCUT2D eigenvalue weighted by molar-refractivity contribution is 5.82. The Morgan fingerprint density at radius 2 is 2.16 bits per heavy atom. The van der Waals surface area contributed by atoms with Crippen molar-refractivity contribution in [2.24, 2.45) is 0 Å². The van der Waals surface area contributed by atoms with E-state index in [1.165, 1.54) is 0 Å². The summed E-state index contributed by atoms with van der Waals surface area (Å²) in [5.41, 5.74) is 0. The summed E-state index contributed by atoms with van der Waals surface area (Å²) >= 11 is 0. The van der Waals surface area contributed by atoms with Crippen LogP contribution in [0.2, 0.25) is 0 Å². The van der Waals surface area contributed by atoms with E-state index in [9.17, 15) is 9.59 Å². The van der Waals surface area contributed by atoms with Crippen LogP contribution < -0.4 is 10.6 Å². The maximum atomic E-state index is 11.6. The number of urea groups is 1. The smallest absolute Gasteiger partial charge is 0.326 e. The van der Waals surface area contributed by atoms with Gasteiger partial charge in [0.1, 0.15) is 11.8 Å². The maximum Gasteiger partial charge on any atom is 0.326 e. The average Bonchev–Trinajstić information content (AvgIpc) is 2.86. The lowest BCUT2D eigenvalue weighted by Crippen LogP contribution is -2.48. The predicted molar refractivity (Wildman–Crippen MR) is 69.9 cm³/mol. The summed E-state index contributed by atoms with van der Waals surface area (Å²) in [5, 5.41) is 14.0. The van der Waals surface area contributed by atoms with Gasteiger partial charge in [-0.25, -0.2) is 9.59 Å². The van der Waals surface area contributed by atoms with Gasteiger partial charge in [0.15, 0.2) is 0 Å². The highest BCUT2D eigenvalue weighted by Gasteiger charge is 2.18. The third kappa shape index (κ3) is 5.46. The first-order chi connectivity index (χ1) is 9.02. The molecule has 2 atom stereocenters. The molecule has 6 heteroatoms. The molecular weight excluding hydrogens is 248 g/mol. The summed E-state index contributed by atoms with van der Waals surface area (Å²) < 4.78 is 5.20. The van der Waals surface area contributed by atoms with Crippen LogP contribution in [0.15, 0.2) is 22.8 Å². The van der Waals surface area contributed by atoms with E-state index >= 15 is 0 Å². The largest absolute Gasteiger partial charge is 0.480 e. The standard InChI is InChI=1S/C13H20N2O4/c1-3-11(12(16)17)15-13(18)14-9(2)6-7-10-5-4-8-19-10/h4-5,8-9,11H,3,6-7H2,1-2H3,(H,16,17)(H2,14,15,18). The predicted octanol–water partition coefficient (Wildman–Crippen LogP) is 1.76. The van der Waals surface area contributed by atoms with E-state index in [2.05, 4.69) is 10.6 Å². The first-order valence-electron chi connectivity index (χ1n) is 6.35. The van der Waals surface area contributed by atoms with Crippen molar-refractivity contribution in [1.29, 1.82) is 0 Å². The number of furan rings is 1. The van der Waals surface area contributed by atoms with Gasteiger partial charge in [-0.05, 0) is 31.9 Å². The number of nitrogens with one attached hydrogen (secondary N) is 2. The second-order valence-electron chi connectivity index (χ2n) is 4.44. The minimum atomic E-state index is -1.03. The number of amides is 2. The third-order valence-corrected chi connectivity index (χ3v) is 2.79. The second-order valence-corrected chi connectivity index (χ2v) is 4.44. The topological polar surface area (TPSA) is 91.6 Å². The van der Waals surface area contributed by atoms with Crippen molar-refractivity contribution >= 4 is 12.0 Å². The first kappa shape index (κ1) is 15.1. The van der Waals surface area contributed by atoms with Crippen LogP contribution in [-0.4, -0.2) is 29.2 Å². The van der Waals surface area contributed by atoms with Crippen LogP contribution in [0.25, 0.3) is 0 Å². The number of hydrogen-bond donors (Lipinski definition) is 3. The molecule has 0 bridgehead atoms. The minimum absolute atomic E-state index is 0.0589. The Labute approximate surface area is 112 Å². The molecule has 0 saturated carbocycles. The molecule has 2 amide bonds. The fraction of sp³-hybridized carbons (Fsp3) is 0.538. The van der Waals surface area contributed by atoms with Gasteiger partial charge in [0, 0.05) is 12.5 Å². The number of aliphatic carboxylic acids is 1. The number of rotatable bonds is 7. The van der Waals surface area contributed by atoms with Gasteiger partial charge < -0.3 is 20.2 Å². The first-order valence-corrected chi connectivity index (χ1v) is 6.35. The zero-order chi connectivity index (χ0) is 14.3. The van der Waals surface area contributed by atoms with Crippen LogP contribution in [0.3, 0.4) is 0 Å². The van der Waals surface area contributed by atoms with Gasteiger partial charge in [-0.1, -0.05) is 6.92 Å². The molecule has 0 aliphatic rings. The minimum Gasteiger partial charge on any atom is -0.480 e. The number of carboxylic acid groups (broad SMARTS) is 1. The van der Waals surface area contributed by atoms with Crippen LogP contribution in [0.1, 0.15) is 32.4 Å². The summed E-state index contributed by atoms with van der Waals surface area (Å²) in [5.74, 6) is -0.160. The normalized spacial score (nSPS) is 13.6. The van der Waals surface area contributed by atoms with Crippen LogP contribution >= 0.6 is 0 Å². The van der Waals surface area contributed by atoms with Gasteiger partial charge in [0.05, 0.1) is 6.26 Å². The number of carbonyl (C=O) groups is 2. The molecule has 0 fully saturated rings. The monoisotopic (exact) mass is 268 g/mol. The summed E-state index contributed by atoms with van der Waals surface area (Å²) in [6.45, 7) is 3.57. The molecule has 2 unspecified atom stereocenters. The van der Waals surface area contributed by atoms with E-state index in [0.29, 0.717) is 6.42 Å². The number of aryl methyl sites for hydroxylation is 1. The Morgan fingerprint density at radius 3 is 2.68 bits per heavy atom. The van der Waals surface area contributed by atoms with Crippen LogP contribution in [-0.2, 0) is 11.2 Å². The van der Waals surface area contributed by atoms with Crippen molar-refractivity contribution in [2.45, 2.75) is 45.2 Å². The van der Waals surface area contributed by atoms with Crippen molar-refractivity contribution in [2.75, 3.05) is 0 Å². The van der Waals surface area contributed by atoms with Crippen LogP contribution in [0, 0.1) is 0 Å². The molecule has 6 nitrogen and oxygen atoms in total. The molecule has 0 aliphatic heterocycles. The van der Waals surface area contributed by atoms with Gasteiger partial charge in [0.2, 0.25) is 0 Å². The Kier molecular flexibility index (Phi) is 5.92. The van der Waals surface area contributed by atoms with Gasteiger partial charge in [-0.2, -0.15) is 0 Å². The van der Waals surface area contributed by atoms with E-state index in [-0.39, 0.29) is 6.04 Å². The lowest BCUT2D eigenvalue weighted by Gasteiger charge is -2.17. The highest BCUT2D eigenvalue weighted by Crippen LogP contribution is 2.05. The van der Waals surface area contributed by atoms with Crippen molar-refractivity contribution in [3.8, 4) is 0 Å². The summed E-state index contributed by atoms with van der Waals surface area (Å²) in [7, 11) is 0. The maximum absolute atomic E-state index is 11.6. The molecule has 1 aromatic rings. The van der Waals surface area contributed by atoms with Crippen LogP contribution in [0.5, 0.6) is 0 Å².